The Morgan fingerprint density at radius 3 is 2.75 bits per heavy atom. The monoisotopic (exact) mass is 453 g/mol. The second kappa shape index (κ2) is 10.9. The van der Waals surface area contributed by atoms with Crippen molar-refractivity contribution in [2.24, 2.45) is 0 Å². The summed E-state index contributed by atoms with van der Waals surface area (Å²) in [6, 6.07) is 5.76. The average Bonchev–Trinajstić information content (AvgIpc) is 2.70. The molecule has 7 nitrogen and oxygen atoms in total. The number of H-pyrrole nitrogens is 1. The Hall–Kier alpha value is -2.22. The predicted molar refractivity (Wildman–Crippen MR) is 114 cm³/mol. The summed E-state index contributed by atoms with van der Waals surface area (Å²) in [6.07, 6.45) is 2.85. The topological polar surface area (TPSA) is 85.5 Å². The van der Waals surface area contributed by atoms with Gasteiger partial charge in [0.25, 0.3) is 11.4 Å². The number of aromatic nitrogens is 2. The van der Waals surface area contributed by atoms with Crippen LogP contribution < -0.4 is 25.1 Å². The highest BCUT2D eigenvalue weighted by atomic mass is 79.9. The van der Waals surface area contributed by atoms with Crippen molar-refractivity contribution in [3.8, 4) is 17.4 Å². The highest BCUT2D eigenvalue weighted by Gasteiger charge is 2.16. The van der Waals surface area contributed by atoms with Crippen LogP contribution in [0.5, 0.6) is 17.4 Å². The summed E-state index contributed by atoms with van der Waals surface area (Å²) in [5, 5.41) is 9.72. The van der Waals surface area contributed by atoms with Crippen LogP contribution in [0.25, 0.3) is 0 Å². The Bertz CT molecular complexity index is 826. The van der Waals surface area contributed by atoms with Crippen LogP contribution in [-0.4, -0.2) is 30.0 Å². The molecule has 0 fully saturated rings. The fraction of sp³-hybridized carbons (Fsp3) is 0.500. The molecule has 0 saturated heterocycles. The first-order chi connectivity index (χ1) is 13.5. The smallest absolute Gasteiger partial charge is 0.280 e. The second-order valence-electron chi connectivity index (χ2n) is 6.42. The Morgan fingerprint density at radius 2 is 2.07 bits per heavy atom. The van der Waals surface area contributed by atoms with E-state index in [-0.39, 0.29) is 11.7 Å². The summed E-state index contributed by atoms with van der Waals surface area (Å²) >= 11 is 3.32. The number of ether oxygens (including phenoxy) is 3. The van der Waals surface area contributed by atoms with E-state index in [4.69, 9.17) is 14.2 Å². The van der Waals surface area contributed by atoms with Crippen LogP contribution in [0.4, 0.5) is 5.69 Å². The molecule has 1 aromatic heterocycles. The first-order valence-corrected chi connectivity index (χ1v) is 10.3. The molecular formula is C20H28BrN3O4. The van der Waals surface area contributed by atoms with Crippen LogP contribution in [-0.2, 0) is 6.54 Å². The van der Waals surface area contributed by atoms with Gasteiger partial charge in [-0.3, -0.25) is 4.79 Å². The lowest BCUT2D eigenvalue weighted by atomic mass is 10.2. The number of benzene rings is 1. The first-order valence-electron chi connectivity index (χ1n) is 9.48. The number of aromatic amines is 1. The molecule has 28 heavy (non-hydrogen) atoms. The molecule has 0 radical (unpaired) electrons. The number of rotatable bonds is 11. The molecule has 8 heteroatoms. The van der Waals surface area contributed by atoms with E-state index < -0.39 is 0 Å². The van der Waals surface area contributed by atoms with Crippen LogP contribution in [0.15, 0.2) is 27.5 Å². The molecule has 0 amide bonds. The number of nitrogens with one attached hydrogen (secondary N) is 2. The normalized spacial score (nSPS) is 11.8. The maximum atomic E-state index is 11.9. The fourth-order valence-electron chi connectivity index (χ4n) is 2.39. The number of anilines is 1. The lowest BCUT2D eigenvalue weighted by Crippen LogP contribution is -2.18. The van der Waals surface area contributed by atoms with Crippen molar-refractivity contribution in [2.45, 2.75) is 52.7 Å². The molecule has 2 N–H and O–H groups in total. The number of hydrogen-bond donors (Lipinski definition) is 2. The molecule has 1 unspecified atom stereocenters. The van der Waals surface area contributed by atoms with Gasteiger partial charge in [-0.2, -0.15) is 0 Å². The zero-order valence-corrected chi connectivity index (χ0v) is 18.4. The first kappa shape index (κ1) is 22.1. The number of hydrogen-bond acceptors (Lipinski definition) is 6. The van der Waals surface area contributed by atoms with Gasteiger partial charge in [0.2, 0.25) is 0 Å². The van der Waals surface area contributed by atoms with Gasteiger partial charge in [0.05, 0.1) is 19.8 Å². The van der Waals surface area contributed by atoms with E-state index in [0.29, 0.717) is 40.7 Å². The average molecular weight is 454 g/mol. The van der Waals surface area contributed by atoms with Gasteiger partial charge >= 0.3 is 0 Å². The molecular weight excluding hydrogens is 426 g/mol. The van der Waals surface area contributed by atoms with Crippen molar-refractivity contribution in [1.82, 2.24) is 10.2 Å². The number of unbranched alkanes of at least 4 members (excludes halogenated alkanes) is 1. The van der Waals surface area contributed by atoms with E-state index in [0.717, 1.165) is 24.8 Å². The number of nitrogens with zero attached hydrogens (tertiary/aromatic N) is 1. The van der Waals surface area contributed by atoms with E-state index in [2.05, 4.69) is 38.4 Å². The van der Waals surface area contributed by atoms with E-state index in [1.165, 1.54) is 0 Å². The third-order valence-electron chi connectivity index (χ3n) is 4.23. The van der Waals surface area contributed by atoms with Gasteiger partial charge in [-0.1, -0.05) is 26.3 Å². The van der Waals surface area contributed by atoms with Crippen molar-refractivity contribution in [3.63, 3.8) is 0 Å². The molecule has 0 bridgehead atoms. The molecule has 154 valence electrons. The quantitative estimate of drug-likeness (QED) is 0.486. The van der Waals surface area contributed by atoms with Crippen LogP contribution in [0.1, 0.15) is 45.6 Å². The maximum Gasteiger partial charge on any atom is 0.280 e. The van der Waals surface area contributed by atoms with E-state index in [1.807, 2.05) is 32.0 Å². The molecule has 0 aliphatic heterocycles. The van der Waals surface area contributed by atoms with Gasteiger partial charge in [0.15, 0.2) is 11.5 Å². The Labute approximate surface area is 173 Å². The van der Waals surface area contributed by atoms with Gasteiger partial charge in [0.1, 0.15) is 10.2 Å². The Morgan fingerprint density at radius 1 is 1.29 bits per heavy atom. The van der Waals surface area contributed by atoms with Crippen molar-refractivity contribution < 1.29 is 14.2 Å². The van der Waals surface area contributed by atoms with Crippen molar-refractivity contribution in [2.75, 3.05) is 19.0 Å². The summed E-state index contributed by atoms with van der Waals surface area (Å²) < 4.78 is 17.4. The van der Waals surface area contributed by atoms with Crippen molar-refractivity contribution in [1.29, 1.82) is 0 Å². The van der Waals surface area contributed by atoms with Crippen LogP contribution >= 0.6 is 15.9 Å². The minimum Gasteiger partial charge on any atom is -0.493 e. The highest BCUT2D eigenvalue weighted by Crippen LogP contribution is 2.31. The summed E-state index contributed by atoms with van der Waals surface area (Å²) in [5.74, 6) is 1.75. The molecule has 0 aliphatic carbocycles. The molecule has 0 spiro atoms. The number of halogens is 1. The van der Waals surface area contributed by atoms with Crippen LogP contribution in [0.2, 0.25) is 0 Å². The SMILES string of the molecule is CCCCOc1cc(CNc2c(OC(C)CC)n[nH]c(=O)c2Br)ccc1OC. The van der Waals surface area contributed by atoms with E-state index in [1.54, 1.807) is 7.11 Å². The van der Waals surface area contributed by atoms with Crippen LogP contribution in [0, 0.1) is 0 Å². The predicted octanol–water partition coefficient (Wildman–Crippen LogP) is 4.51. The van der Waals surface area contributed by atoms with Gasteiger partial charge in [0, 0.05) is 6.54 Å². The zero-order valence-electron chi connectivity index (χ0n) is 16.8. The molecule has 0 aliphatic rings. The lowest BCUT2D eigenvalue weighted by molar-refractivity contribution is 0.207. The van der Waals surface area contributed by atoms with E-state index >= 15 is 0 Å². The summed E-state index contributed by atoms with van der Waals surface area (Å²) in [6.45, 7) is 7.20. The molecule has 1 heterocycles. The minimum atomic E-state index is -0.322. The highest BCUT2D eigenvalue weighted by molar-refractivity contribution is 9.10. The zero-order chi connectivity index (χ0) is 20.5. The standard InChI is InChI=1S/C20H28BrN3O4/c1-5-7-10-27-16-11-14(8-9-15(16)26-4)12-22-18-17(21)19(25)23-24-20(18)28-13(3)6-2/h8-9,11,13H,5-7,10,12H2,1-4H3,(H2,22,23,25). The molecule has 2 rings (SSSR count). The third-order valence-corrected chi connectivity index (χ3v) is 4.99. The second-order valence-corrected chi connectivity index (χ2v) is 7.22. The maximum absolute atomic E-state index is 11.9. The molecule has 2 aromatic rings. The molecule has 1 atom stereocenters. The summed E-state index contributed by atoms with van der Waals surface area (Å²) in [5.41, 5.74) is 1.18. The van der Waals surface area contributed by atoms with Crippen LogP contribution in [0.3, 0.4) is 0 Å². The largest absolute Gasteiger partial charge is 0.493 e. The van der Waals surface area contributed by atoms with Gasteiger partial charge in [-0.15, -0.1) is 5.10 Å². The van der Waals surface area contributed by atoms with E-state index in [9.17, 15) is 4.79 Å². The van der Waals surface area contributed by atoms with Crippen molar-refractivity contribution >= 4 is 21.6 Å². The summed E-state index contributed by atoms with van der Waals surface area (Å²) in [4.78, 5) is 11.9. The lowest BCUT2D eigenvalue weighted by Gasteiger charge is -2.17. The van der Waals surface area contributed by atoms with Gasteiger partial charge in [-0.05, 0) is 53.4 Å². The molecule has 1 aromatic carbocycles. The van der Waals surface area contributed by atoms with Crippen molar-refractivity contribution in [3.05, 3.63) is 38.6 Å². The Balaban J connectivity index is 2.20. The van der Waals surface area contributed by atoms with Gasteiger partial charge < -0.3 is 19.5 Å². The number of methoxy groups -OCH3 is 1. The minimum absolute atomic E-state index is 0.0228. The third kappa shape index (κ3) is 5.89. The Kier molecular flexibility index (Phi) is 8.63. The molecule has 0 saturated carbocycles. The van der Waals surface area contributed by atoms with Gasteiger partial charge in [-0.25, -0.2) is 5.10 Å². The summed E-state index contributed by atoms with van der Waals surface area (Å²) in [7, 11) is 1.62. The fourth-order valence-corrected chi connectivity index (χ4v) is 2.79.